The van der Waals surface area contributed by atoms with E-state index in [0.717, 1.165) is 5.56 Å². The van der Waals surface area contributed by atoms with Crippen LogP contribution in [0.15, 0.2) is 46.1 Å². The summed E-state index contributed by atoms with van der Waals surface area (Å²) >= 11 is 0. The Hall–Kier alpha value is -2.97. The third-order valence-electron chi connectivity index (χ3n) is 4.38. The van der Waals surface area contributed by atoms with E-state index in [1.165, 1.54) is 40.6 Å². The fourth-order valence-electron chi connectivity index (χ4n) is 2.90. The second kappa shape index (κ2) is 9.49. The molecule has 3 N–H and O–H groups in total. The standard InChI is InChI=1S/C19H20FN3O4.C2H6/c1-11-3-4-14(13(20)7-11)21-15-8-17(26)22(2)16-5-6-23(9-12(25)10-24)19(27)18(15)16;1-2/h3-8,12,21,24-25H,9-10H2,1-2H3;1-2H3. The van der Waals surface area contributed by atoms with Crippen LogP contribution in [0.4, 0.5) is 15.8 Å². The molecule has 0 amide bonds. The van der Waals surface area contributed by atoms with Crippen molar-refractivity contribution in [2.24, 2.45) is 7.05 Å². The van der Waals surface area contributed by atoms with Gasteiger partial charge >= 0.3 is 0 Å². The second-order valence-corrected chi connectivity index (χ2v) is 6.43. The summed E-state index contributed by atoms with van der Waals surface area (Å²) in [7, 11) is 1.53. The van der Waals surface area contributed by atoms with Gasteiger partial charge in [0.1, 0.15) is 5.82 Å². The van der Waals surface area contributed by atoms with Crippen LogP contribution in [-0.2, 0) is 13.6 Å². The summed E-state index contributed by atoms with van der Waals surface area (Å²) in [6.45, 7) is 5.16. The van der Waals surface area contributed by atoms with E-state index >= 15 is 0 Å². The Morgan fingerprint density at radius 2 is 1.83 bits per heavy atom. The molecule has 1 unspecified atom stereocenters. The average molecular weight is 403 g/mol. The first-order valence-electron chi connectivity index (χ1n) is 9.37. The van der Waals surface area contributed by atoms with Crippen LogP contribution in [0.1, 0.15) is 19.4 Å². The van der Waals surface area contributed by atoms with E-state index in [0.29, 0.717) is 5.52 Å². The summed E-state index contributed by atoms with van der Waals surface area (Å²) in [6, 6.07) is 7.39. The molecule has 3 aromatic rings. The van der Waals surface area contributed by atoms with Gasteiger partial charge in [-0.05, 0) is 30.7 Å². The van der Waals surface area contributed by atoms with Crippen LogP contribution in [0.2, 0.25) is 0 Å². The minimum atomic E-state index is -1.10. The minimum absolute atomic E-state index is 0.105. The zero-order valence-corrected chi connectivity index (χ0v) is 16.9. The number of aliphatic hydroxyl groups is 2. The number of aryl methyl sites for hydroxylation is 2. The van der Waals surface area contributed by atoms with Gasteiger partial charge < -0.3 is 24.7 Å². The average Bonchev–Trinajstić information content (AvgIpc) is 2.70. The van der Waals surface area contributed by atoms with E-state index in [2.05, 4.69) is 5.32 Å². The Kier molecular flexibility index (Phi) is 7.30. The van der Waals surface area contributed by atoms with Gasteiger partial charge in [0.05, 0.1) is 41.5 Å². The molecule has 0 saturated heterocycles. The summed E-state index contributed by atoms with van der Waals surface area (Å²) in [5, 5.41) is 21.7. The van der Waals surface area contributed by atoms with Crippen LogP contribution in [-0.4, -0.2) is 32.1 Å². The van der Waals surface area contributed by atoms with Crippen LogP contribution >= 0.6 is 0 Å². The van der Waals surface area contributed by atoms with Gasteiger partial charge in [-0.1, -0.05) is 19.9 Å². The predicted octanol–water partition coefficient (Wildman–Crippen LogP) is 2.27. The molecular weight excluding hydrogens is 377 g/mol. The third kappa shape index (κ3) is 4.72. The van der Waals surface area contributed by atoms with Crippen molar-refractivity contribution in [3.63, 3.8) is 0 Å². The van der Waals surface area contributed by atoms with Gasteiger partial charge in [0.2, 0.25) is 0 Å². The number of pyridine rings is 2. The number of nitrogens with one attached hydrogen (secondary N) is 1. The quantitative estimate of drug-likeness (QED) is 0.607. The van der Waals surface area contributed by atoms with Gasteiger partial charge in [-0.25, -0.2) is 4.39 Å². The summed E-state index contributed by atoms with van der Waals surface area (Å²) in [5.41, 5.74) is 0.606. The van der Waals surface area contributed by atoms with Crippen molar-refractivity contribution < 1.29 is 14.6 Å². The van der Waals surface area contributed by atoms with Crippen molar-refractivity contribution >= 4 is 22.3 Å². The Morgan fingerprint density at radius 1 is 1.14 bits per heavy atom. The number of rotatable bonds is 5. The SMILES string of the molecule is CC.Cc1ccc(Nc2cc(=O)n(C)c3ccn(CC(O)CO)c(=O)c23)c(F)c1. The van der Waals surface area contributed by atoms with Gasteiger partial charge in [-0.2, -0.15) is 0 Å². The van der Waals surface area contributed by atoms with E-state index in [4.69, 9.17) is 5.11 Å². The molecule has 3 rings (SSSR count). The largest absolute Gasteiger partial charge is 0.394 e. The lowest BCUT2D eigenvalue weighted by Crippen LogP contribution is -2.30. The van der Waals surface area contributed by atoms with E-state index in [1.807, 2.05) is 13.8 Å². The fraction of sp³-hybridized carbons (Fsp3) is 0.333. The normalized spacial score (nSPS) is 11.7. The van der Waals surface area contributed by atoms with E-state index in [-0.39, 0.29) is 28.9 Å². The third-order valence-corrected chi connectivity index (χ3v) is 4.38. The Bertz CT molecular complexity index is 1120. The molecule has 0 fully saturated rings. The topological polar surface area (TPSA) is 96.5 Å². The highest BCUT2D eigenvalue weighted by molar-refractivity contribution is 5.92. The van der Waals surface area contributed by atoms with Crippen molar-refractivity contribution in [1.29, 1.82) is 0 Å². The van der Waals surface area contributed by atoms with Crippen LogP contribution in [0.5, 0.6) is 0 Å². The maximum atomic E-state index is 14.2. The highest BCUT2D eigenvalue weighted by Crippen LogP contribution is 2.24. The first-order chi connectivity index (χ1) is 13.8. The first-order valence-corrected chi connectivity index (χ1v) is 9.37. The molecule has 0 radical (unpaired) electrons. The van der Waals surface area contributed by atoms with Crippen molar-refractivity contribution in [3.05, 3.63) is 68.6 Å². The molecule has 2 aromatic heterocycles. The maximum absolute atomic E-state index is 14.2. The van der Waals surface area contributed by atoms with Crippen LogP contribution in [0.25, 0.3) is 10.9 Å². The fourth-order valence-corrected chi connectivity index (χ4v) is 2.90. The zero-order chi connectivity index (χ0) is 21.7. The van der Waals surface area contributed by atoms with E-state index in [1.54, 1.807) is 19.1 Å². The molecule has 156 valence electrons. The molecule has 2 heterocycles. The van der Waals surface area contributed by atoms with Crippen LogP contribution in [0.3, 0.4) is 0 Å². The number of nitrogens with zero attached hydrogens (tertiary/aromatic N) is 2. The molecule has 0 bridgehead atoms. The molecule has 0 aliphatic heterocycles. The number of hydrogen-bond acceptors (Lipinski definition) is 5. The van der Waals surface area contributed by atoms with Gasteiger partial charge in [0.25, 0.3) is 11.1 Å². The van der Waals surface area contributed by atoms with Crippen molar-refractivity contribution in [3.8, 4) is 0 Å². The molecule has 0 spiro atoms. The number of benzene rings is 1. The lowest BCUT2D eigenvalue weighted by Gasteiger charge is -2.15. The molecule has 0 aliphatic carbocycles. The predicted molar refractivity (Wildman–Crippen MR) is 112 cm³/mol. The highest BCUT2D eigenvalue weighted by Gasteiger charge is 2.15. The number of anilines is 2. The summed E-state index contributed by atoms with van der Waals surface area (Å²) < 4.78 is 16.8. The summed E-state index contributed by atoms with van der Waals surface area (Å²) in [5.74, 6) is -0.504. The molecule has 1 aromatic carbocycles. The molecule has 0 aliphatic rings. The maximum Gasteiger partial charge on any atom is 0.262 e. The number of aromatic nitrogens is 2. The smallest absolute Gasteiger partial charge is 0.262 e. The van der Waals surface area contributed by atoms with E-state index < -0.39 is 24.1 Å². The lowest BCUT2D eigenvalue weighted by atomic mass is 10.1. The monoisotopic (exact) mass is 403 g/mol. The molecule has 1 atom stereocenters. The minimum Gasteiger partial charge on any atom is -0.394 e. The van der Waals surface area contributed by atoms with Crippen molar-refractivity contribution in [1.82, 2.24) is 9.13 Å². The number of halogens is 1. The van der Waals surface area contributed by atoms with Crippen LogP contribution < -0.4 is 16.4 Å². The molecule has 7 nitrogen and oxygen atoms in total. The zero-order valence-electron chi connectivity index (χ0n) is 16.9. The van der Waals surface area contributed by atoms with E-state index in [9.17, 15) is 19.1 Å². The van der Waals surface area contributed by atoms with Crippen molar-refractivity contribution in [2.45, 2.75) is 33.4 Å². The number of fused-ring (bicyclic) bond motifs is 1. The summed E-state index contributed by atoms with van der Waals surface area (Å²) in [6.07, 6.45) is 0.345. The Morgan fingerprint density at radius 3 is 2.45 bits per heavy atom. The number of aliphatic hydroxyl groups excluding tert-OH is 2. The van der Waals surface area contributed by atoms with Gasteiger partial charge in [0.15, 0.2) is 0 Å². The van der Waals surface area contributed by atoms with Crippen LogP contribution in [0, 0.1) is 12.7 Å². The first kappa shape index (κ1) is 22.3. The second-order valence-electron chi connectivity index (χ2n) is 6.43. The van der Waals surface area contributed by atoms with Gasteiger partial charge in [-0.3, -0.25) is 9.59 Å². The Labute approximate surface area is 167 Å². The Balaban J connectivity index is 0.00000145. The molecule has 29 heavy (non-hydrogen) atoms. The molecule has 8 heteroatoms. The highest BCUT2D eigenvalue weighted by atomic mass is 19.1. The summed E-state index contributed by atoms with van der Waals surface area (Å²) in [4.78, 5) is 25.2. The van der Waals surface area contributed by atoms with Gasteiger partial charge in [0, 0.05) is 19.3 Å². The molecular formula is C21H26FN3O4. The molecule has 0 saturated carbocycles. The van der Waals surface area contributed by atoms with Crippen molar-refractivity contribution in [2.75, 3.05) is 11.9 Å². The van der Waals surface area contributed by atoms with Gasteiger partial charge in [-0.15, -0.1) is 0 Å². The lowest BCUT2D eigenvalue weighted by molar-refractivity contribution is 0.0805. The number of hydrogen-bond donors (Lipinski definition) is 3.